The number of rotatable bonds is 5. The smallest absolute Gasteiger partial charge is 0.295 e. The number of phenols is 1. The van der Waals surface area contributed by atoms with Gasteiger partial charge in [-0.25, -0.2) is 0 Å². The van der Waals surface area contributed by atoms with Gasteiger partial charge in [-0.15, -0.1) is 0 Å². The second kappa shape index (κ2) is 8.83. The number of likely N-dealkylation sites (tertiary alicyclic amines) is 1. The molecule has 7 heteroatoms. The maximum atomic E-state index is 13.2. The summed E-state index contributed by atoms with van der Waals surface area (Å²) in [6, 6.07) is 20.4. The van der Waals surface area contributed by atoms with Crippen molar-refractivity contribution in [2.75, 3.05) is 6.54 Å². The zero-order chi connectivity index (χ0) is 23.8. The van der Waals surface area contributed by atoms with Crippen LogP contribution in [0.1, 0.15) is 22.7 Å². The molecule has 1 aromatic heterocycles. The Kier molecular flexibility index (Phi) is 5.71. The van der Waals surface area contributed by atoms with Crippen LogP contribution in [0.5, 0.6) is 5.75 Å². The first-order chi connectivity index (χ1) is 16.4. The highest BCUT2D eigenvalue weighted by molar-refractivity contribution is 9.10. The third-order valence-electron chi connectivity index (χ3n) is 6.14. The third-order valence-corrected chi connectivity index (χ3v) is 6.67. The van der Waals surface area contributed by atoms with Gasteiger partial charge in [-0.3, -0.25) is 9.59 Å². The second-order valence-corrected chi connectivity index (χ2v) is 9.12. The molecule has 170 valence electrons. The third kappa shape index (κ3) is 3.88. The molecule has 0 radical (unpaired) electrons. The number of hydrogen-bond donors (Lipinski definition) is 3. The number of aromatic nitrogens is 1. The first-order valence-corrected chi connectivity index (χ1v) is 11.6. The van der Waals surface area contributed by atoms with Gasteiger partial charge in [0.1, 0.15) is 11.5 Å². The molecule has 3 aromatic carbocycles. The van der Waals surface area contributed by atoms with Gasteiger partial charge in [0.15, 0.2) is 0 Å². The molecule has 1 aliphatic rings. The van der Waals surface area contributed by atoms with Crippen molar-refractivity contribution in [3.8, 4) is 5.75 Å². The van der Waals surface area contributed by atoms with Crippen LogP contribution in [0.4, 0.5) is 0 Å². The summed E-state index contributed by atoms with van der Waals surface area (Å²) in [6.07, 6.45) is 2.43. The Morgan fingerprint density at radius 2 is 1.76 bits per heavy atom. The van der Waals surface area contributed by atoms with Gasteiger partial charge >= 0.3 is 0 Å². The van der Waals surface area contributed by atoms with Gasteiger partial charge in [0.05, 0.1) is 11.6 Å². The molecule has 1 saturated heterocycles. The molecule has 6 nitrogen and oxygen atoms in total. The number of ketones is 1. The Balaban J connectivity index is 1.57. The van der Waals surface area contributed by atoms with Crippen LogP contribution in [0, 0.1) is 0 Å². The number of fused-ring (bicyclic) bond motifs is 1. The number of Topliss-reactive ketones (excluding diaryl/α,β-unsaturated/α-hetero) is 1. The number of phenolic OH excluding ortho intramolecular Hbond substituents is 1. The number of carbonyl (C=O) groups excluding carboxylic acids is 2. The highest BCUT2D eigenvalue weighted by Gasteiger charge is 2.46. The number of aromatic hydroxyl groups is 1. The van der Waals surface area contributed by atoms with Crippen molar-refractivity contribution in [1.82, 2.24) is 9.88 Å². The van der Waals surface area contributed by atoms with Gasteiger partial charge in [0.2, 0.25) is 0 Å². The maximum Gasteiger partial charge on any atom is 0.295 e. The number of amides is 1. The number of aliphatic hydroxyl groups is 1. The second-order valence-electron chi connectivity index (χ2n) is 8.20. The monoisotopic (exact) mass is 516 g/mol. The van der Waals surface area contributed by atoms with Crippen LogP contribution < -0.4 is 0 Å². The standard InChI is InChI=1S/C27H21BrN2O4/c28-19-10-8-16(9-11-19)25(32)23-24(17-4-3-5-20(31)14-17)30(27(34)26(23)33)13-12-18-15-29-22-7-2-1-6-21(18)22/h1-11,14-15,24,29,31-32H,12-13H2/t24-/m1/s1. The summed E-state index contributed by atoms with van der Waals surface area (Å²) in [6.45, 7) is 0.268. The van der Waals surface area contributed by atoms with Crippen LogP contribution in [0.25, 0.3) is 16.7 Å². The van der Waals surface area contributed by atoms with E-state index >= 15 is 0 Å². The predicted molar refractivity (Wildman–Crippen MR) is 133 cm³/mol. The van der Waals surface area contributed by atoms with Gasteiger partial charge in [0, 0.05) is 33.7 Å². The SMILES string of the molecule is O=C1C(=O)N(CCc2c[nH]c3ccccc23)[C@H](c2cccc(O)c2)C1=C(O)c1ccc(Br)cc1. The Morgan fingerprint density at radius 1 is 1.00 bits per heavy atom. The lowest BCUT2D eigenvalue weighted by molar-refractivity contribution is -0.139. The number of aromatic amines is 1. The maximum absolute atomic E-state index is 13.2. The first kappa shape index (κ1) is 22.0. The topological polar surface area (TPSA) is 93.6 Å². The molecule has 0 saturated carbocycles. The molecule has 1 aliphatic heterocycles. The van der Waals surface area contributed by atoms with E-state index in [4.69, 9.17) is 0 Å². The van der Waals surface area contributed by atoms with Crippen LogP contribution in [-0.4, -0.2) is 38.3 Å². The summed E-state index contributed by atoms with van der Waals surface area (Å²) < 4.78 is 0.827. The molecule has 34 heavy (non-hydrogen) atoms. The van der Waals surface area contributed by atoms with Crippen LogP contribution in [0.3, 0.4) is 0 Å². The van der Waals surface area contributed by atoms with E-state index in [1.165, 1.54) is 17.0 Å². The number of halogens is 1. The van der Waals surface area contributed by atoms with Crippen molar-refractivity contribution in [3.05, 3.63) is 106 Å². The van der Waals surface area contributed by atoms with Crippen molar-refractivity contribution in [1.29, 1.82) is 0 Å². The summed E-state index contributed by atoms with van der Waals surface area (Å²) in [5.41, 5.74) is 3.02. The number of nitrogens with one attached hydrogen (secondary N) is 1. The Labute approximate surface area is 204 Å². The number of nitrogens with zero attached hydrogens (tertiary/aromatic N) is 1. The van der Waals surface area contributed by atoms with Crippen molar-refractivity contribution in [2.24, 2.45) is 0 Å². The molecule has 5 rings (SSSR count). The van der Waals surface area contributed by atoms with Crippen molar-refractivity contribution in [2.45, 2.75) is 12.5 Å². The molecule has 3 N–H and O–H groups in total. The highest BCUT2D eigenvalue weighted by atomic mass is 79.9. The highest BCUT2D eigenvalue weighted by Crippen LogP contribution is 2.40. The lowest BCUT2D eigenvalue weighted by Crippen LogP contribution is -2.31. The zero-order valence-corrected chi connectivity index (χ0v) is 19.6. The minimum atomic E-state index is -0.819. The summed E-state index contributed by atoms with van der Waals surface area (Å²) in [5, 5.41) is 22.3. The number of benzene rings is 3. The largest absolute Gasteiger partial charge is 0.508 e. The summed E-state index contributed by atoms with van der Waals surface area (Å²) >= 11 is 3.36. The van der Waals surface area contributed by atoms with Crippen molar-refractivity contribution in [3.63, 3.8) is 0 Å². The van der Waals surface area contributed by atoms with E-state index < -0.39 is 17.7 Å². The average molecular weight is 517 g/mol. The molecule has 0 spiro atoms. The van der Waals surface area contributed by atoms with E-state index in [1.807, 2.05) is 30.5 Å². The molecule has 1 amide bonds. The molecule has 0 aliphatic carbocycles. The van der Waals surface area contributed by atoms with Gasteiger partial charge in [-0.05, 0) is 47.9 Å². The van der Waals surface area contributed by atoms with Crippen LogP contribution in [0.2, 0.25) is 0 Å². The van der Waals surface area contributed by atoms with Crippen LogP contribution in [0.15, 0.2) is 89.0 Å². The fraction of sp³-hybridized carbons (Fsp3) is 0.111. The number of hydrogen-bond acceptors (Lipinski definition) is 4. The minimum absolute atomic E-state index is 0.0110. The van der Waals surface area contributed by atoms with Gasteiger partial charge < -0.3 is 20.1 Å². The van der Waals surface area contributed by atoms with Crippen molar-refractivity contribution < 1.29 is 19.8 Å². The predicted octanol–water partition coefficient (Wildman–Crippen LogP) is 5.30. The summed E-state index contributed by atoms with van der Waals surface area (Å²) in [4.78, 5) is 31.0. The molecular weight excluding hydrogens is 496 g/mol. The summed E-state index contributed by atoms with van der Waals surface area (Å²) in [7, 11) is 0. The molecular formula is C27H21BrN2O4. The molecule has 1 atom stereocenters. The number of aliphatic hydroxyl groups excluding tert-OH is 1. The van der Waals surface area contributed by atoms with E-state index in [0.717, 1.165) is 20.9 Å². The van der Waals surface area contributed by atoms with Gasteiger partial charge in [-0.2, -0.15) is 0 Å². The van der Waals surface area contributed by atoms with Gasteiger partial charge in [-0.1, -0.05) is 58.4 Å². The minimum Gasteiger partial charge on any atom is -0.508 e. The number of H-pyrrole nitrogens is 1. The molecule has 1 fully saturated rings. The Morgan fingerprint density at radius 3 is 2.53 bits per heavy atom. The van der Waals surface area contributed by atoms with E-state index in [-0.39, 0.29) is 23.6 Å². The normalized spacial score (nSPS) is 17.6. The lowest BCUT2D eigenvalue weighted by atomic mass is 9.95. The van der Waals surface area contributed by atoms with Crippen molar-refractivity contribution >= 4 is 44.3 Å². The number of para-hydroxylation sites is 1. The fourth-order valence-electron chi connectivity index (χ4n) is 4.49. The number of carbonyl (C=O) groups is 2. The lowest BCUT2D eigenvalue weighted by Gasteiger charge is -2.25. The molecule has 0 unspecified atom stereocenters. The quantitative estimate of drug-likeness (QED) is 0.190. The Hall–Kier alpha value is -3.84. The fourth-order valence-corrected chi connectivity index (χ4v) is 4.76. The Bertz CT molecular complexity index is 1440. The summed E-state index contributed by atoms with van der Waals surface area (Å²) in [5.74, 6) is -1.64. The van der Waals surface area contributed by atoms with E-state index in [1.54, 1.807) is 36.4 Å². The molecule has 2 heterocycles. The van der Waals surface area contributed by atoms with Crippen LogP contribution >= 0.6 is 15.9 Å². The molecule has 0 bridgehead atoms. The first-order valence-electron chi connectivity index (χ1n) is 10.8. The average Bonchev–Trinajstić information content (AvgIpc) is 3.36. The van der Waals surface area contributed by atoms with E-state index in [0.29, 0.717) is 17.5 Å². The zero-order valence-electron chi connectivity index (χ0n) is 18.0. The van der Waals surface area contributed by atoms with Crippen LogP contribution in [-0.2, 0) is 16.0 Å². The van der Waals surface area contributed by atoms with E-state index in [9.17, 15) is 19.8 Å². The molecule has 4 aromatic rings. The van der Waals surface area contributed by atoms with Gasteiger partial charge in [0.25, 0.3) is 11.7 Å². The van der Waals surface area contributed by atoms with E-state index in [2.05, 4.69) is 20.9 Å².